The number of rotatable bonds is 8. The van der Waals surface area contributed by atoms with Crippen molar-refractivity contribution in [3.05, 3.63) is 0 Å². The minimum atomic E-state index is -2.07. The molecule has 0 radical (unpaired) electrons. The first-order valence-corrected chi connectivity index (χ1v) is 6.86. The summed E-state index contributed by atoms with van der Waals surface area (Å²) in [5.74, 6) is -9.43. The maximum Gasteiger partial charge on any atom is 0.359 e. The molecule has 146 valence electrons. The van der Waals surface area contributed by atoms with Crippen molar-refractivity contribution >= 4 is 35.8 Å². The van der Waals surface area contributed by atoms with E-state index in [-0.39, 0.29) is 0 Å². The van der Waals surface area contributed by atoms with E-state index >= 15 is 0 Å². The quantitative estimate of drug-likeness (QED) is 0.264. The van der Waals surface area contributed by atoms with Gasteiger partial charge >= 0.3 is 35.8 Å². The van der Waals surface area contributed by atoms with Gasteiger partial charge in [0.2, 0.25) is 0 Å². The van der Waals surface area contributed by atoms with E-state index in [0.717, 1.165) is 35.4 Å². The molecular formula is C14H18O12. The molecule has 0 saturated heterocycles. The lowest BCUT2D eigenvalue weighted by Gasteiger charge is -2.18. The molecule has 0 spiro atoms. The van der Waals surface area contributed by atoms with Gasteiger partial charge in [-0.25, -0.2) is 19.2 Å². The van der Waals surface area contributed by atoms with E-state index in [4.69, 9.17) is 0 Å². The Balaban J connectivity index is 5.16. The van der Waals surface area contributed by atoms with Crippen LogP contribution in [0.1, 0.15) is 6.92 Å². The first-order chi connectivity index (χ1) is 12.1. The lowest BCUT2D eigenvalue weighted by molar-refractivity contribution is -0.187. The highest BCUT2D eigenvalue weighted by Crippen LogP contribution is 2.10. The van der Waals surface area contributed by atoms with Crippen molar-refractivity contribution in [2.75, 3.05) is 28.4 Å². The third-order valence-corrected chi connectivity index (χ3v) is 2.84. The highest BCUT2D eigenvalue weighted by molar-refractivity contribution is 6.04. The normalized spacial score (nSPS) is 10.2. The van der Waals surface area contributed by atoms with Gasteiger partial charge in [-0.15, -0.1) is 0 Å². The van der Waals surface area contributed by atoms with Gasteiger partial charge in [-0.2, -0.15) is 0 Å². The Hall–Kier alpha value is -3.18. The van der Waals surface area contributed by atoms with Crippen LogP contribution in [-0.4, -0.2) is 76.5 Å². The zero-order valence-corrected chi connectivity index (χ0v) is 14.6. The van der Waals surface area contributed by atoms with Gasteiger partial charge in [-0.05, 0) is 6.92 Å². The molecule has 0 aromatic heterocycles. The maximum absolute atomic E-state index is 11.9. The van der Waals surface area contributed by atoms with Crippen molar-refractivity contribution in [1.82, 2.24) is 0 Å². The molecule has 12 heteroatoms. The molecule has 0 amide bonds. The second kappa shape index (κ2) is 10.6. The lowest BCUT2D eigenvalue weighted by atomic mass is 10.2. The molecule has 0 rings (SSSR count). The fourth-order valence-corrected chi connectivity index (χ4v) is 1.35. The summed E-state index contributed by atoms with van der Waals surface area (Å²) < 4.78 is 26.3. The number of ether oxygens (including phenoxy) is 6. The number of esters is 6. The van der Waals surface area contributed by atoms with Crippen molar-refractivity contribution in [1.29, 1.82) is 0 Å². The molecule has 26 heavy (non-hydrogen) atoms. The van der Waals surface area contributed by atoms with Crippen LogP contribution in [0.25, 0.3) is 0 Å². The lowest BCUT2D eigenvalue weighted by Crippen LogP contribution is -2.42. The summed E-state index contributed by atoms with van der Waals surface area (Å²) in [5, 5.41) is 0. The standard InChI is InChI=1S/C14H18O12/c1-6(9(15)25-7(11(17)21-2)12(18)22-3)10(16)26-8(13(19)23-4)14(20)24-5/h6-8H,1-5H3. The molecule has 0 atom stereocenters. The van der Waals surface area contributed by atoms with Crippen LogP contribution in [0.15, 0.2) is 0 Å². The predicted octanol–water partition coefficient (Wildman–Crippen LogP) is -1.86. The highest BCUT2D eigenvalue weighted by atomic mass is 16.6. The second-order valence-electron chi connectivity index (χ2n) is 4.45. The number of methoxy groups -OCH3 is 4. The van der Waals surface area contributed by atoms with E-state index in [9.17, 15) is 28.8 Å². The first-order valence-electron chi connectivity index (χ1n) is 6.86. The number of hydrogen-bond donors (Lipinski definition) is 0. The molecule has 0 unspecified atom stereocenters. The predicted molar refractivity (Wildman–Crippen MR) is 77.0 cm³/mol. The summed E-state index contributed by atoms with van der Waals surface area (Å²) in [7, 11) is 3.73. The molecule has 0 fully saturated rings. The molecule has 0 aromatic carbocycles. The number of carbonyl (C=O) groups excluding carboxylic acids is 6. The maximum atomic E-state index is 11.9. The van der Waals surface area contributed by atoms with E-state index in [0.29, 0.717) is 0 Å². The van der Waals surface area contributed by atoms with Crippen LogP contribution >= 0.6 is 0 Å². The average Bonchev–Trinajstić information content (AvgIpc) is 2.66. The smallest absolute Gasteiger partial charge is 0.359 e. The summed E-state index contributed by atoms with van der Waals surface area (Å²) in [4.78, 5) is 69.6. The van der Waals surface area contributed by atoms with E-state index in [1.165, 1.54) is 0 Å². The van der Waals surface area contributed by atoms with Gasteiger partial charge in [0.25, 0.3) is 12.2 Å². The van der Waals surface area contributed by atoms with E-state index in [1.54, 1.807) is 0 Å². The van der Waals surface area contributed by atoms with Crippen molar-refractivity contribution in [2.45, 2.75) is 19.1 Å². The Morgan fingerprint density at radius 1 is 0.500 bits per heavy atom. The van der Waals surface area contributed by atoms with Gasteiger partial charge in [-0.3, -0.25) is 9.59 Å². The summed E-state index contributed by atoms with van der Waals surface area (Å²) in [5.41, 5.74) is 0. The fourth-order valence-electron chi connectivity index (χ4n) is 1.35. The zero-order chi connectivity index (χ0) is 20.4. The summed E-state index contributed by atoms with van der Waals surface area (Å²) >= 11 is 0. The van der Waals surface area contributed by atoms with Crippen LogP contribution in [0.4, 0.5) is 0 Å². The van der Waals surface area contributed by atoms with Crippen LogP contribution in [0, 0.1) is 5.92 Å². The molecular weight excluding hydrogens is 360 g/mol. The molecule has 0 aromatic rings. The molecule has 0 aliphatic carbocycles. The summed E-state index contributed by atoms with van der Waals surface area (Å²) in [6, 6.07) is 0. The van der Waals surface area contributed by atoms with E-state index in [2.05, 4.69) is 28.4 Å². The second-order valence-corrected chi connectivity index (χ2v) is 4.45. The summed E-state index contributed by atoms with van der Waals surface area (Å²) in [6.45, 7) is 0.988. The first kappa shape index (κ1) is 22.8. The molecule has 0 heterocycles. The van der Waals surface area contributed by atoms with Gasteiger partial charge in [0.05, 0.1) is 28.4 Å². The van der Waals surface area contributed by atoms with Crippen molar-refractivity contribution in [3.8, 4) is 0 Å². The molecule has 0 saturated carbocycles. The molecule has 12 nitrogen and oxygen atoms in total. The van der Waals surface area contributed by atoms with Crippen LogP contribution in [0.2, 0.25) is 0 Å². The van der Waals surface area contributed by atoms with Crippen LogP contribution in [0.3, 0.4) is 0 Å². The van der Waals surface area contributed by atoms with Crippen molar-refractivity contribution in [2.24, 2.45) is 5.92 Å². The number of hydrogen-bond acceptors (Lipinski definition) is 12. The van der Waals surface area contributed by atoms with E-state index < -0.39 is 53.9 Å². The minimum Gasteiger partial charge on any atom is -0.466 e. The monoisotopic (exact) mass is 378 g/mol. The Kier molecular flexibility index (Phi) is 9.34. The highest BCUT2D eigenvalue weighted by Gasteiger charge is 2.39. The molecule has 0 aliphatic heterocycles. The number of carbonyl (C=O) groups is 6. The SMILES string of the molecule is COC(=O)C(OC(=O)C(C)C(=O)OC(C(=O)OC)C(=O)OC)C(=O)OC. The summed E-state index contributed by atoms with van der Waals surface area (Å²) in [6.07, 6.45) is -4.13. The van der Waals surface area contributed by atoms with Crippen LogP contribution in [-0.2, 0) is 57.2 Å². The molecule has 0 aliphatic rings. The topological polar surface area (TPSA) is 158 Å². The van der Waals surface area contributed by atoms with Gasteiger partial charge in [0.1, 0.15) is 0 Å². The van der Waals surface area contributed by atoms with Gasteiger partial charge in [-0.1, -0.05) is 0 Å². The van der Waals surface area contributed by atoms with Gasteiger partial charge < -0.3 is 28.4 Å². The third kappa shape index (κ3) is 6.03. The Morgan fingerprint density at radius 3 is 0.923 bits per heavy atom. The Labute approximate surface area is 147 Å². The van der Waals surface area contributed by atoms with Crippen LogP contribution < -0.4 is 0 Å². The largest absolute Gasteiger partial charge is 0.466 e. The average molecular weight is 378 g/mol. The molecule has 0 bridgehead atoms. The Morgan fingerprint density at radius 2 is 0.731 bits per heavy atom. The van der Waals surface area contributed by atoms with Crippen molar-refractivity contribution < 1.29 is 57.2 Å². The molecule has 0 N–H and O–H groups in total. The van der Waals surface area contributed by atoms with Crippen molar-refractivity contribution in [3.63, 3.8) is 0 Å². The van der Waals surface area contributed by atoms with Gasteiger partial charge in [0.15, 0.2) is 5.92 Å². The Bertz CT molecular complexity index is 498. The van der Waals surface area contributed by atoms with Gasteiger partial charge in [0, 0.05) is 0 Å². The zero-order valence-electron chi connectivity index (χ0n) is 14.6. The minimum absolute atomic E-state index is 0.932. The van der Waals surface area contributed by atoms with E-state index in [1.807, 2.05) is 0 Å². The fraction of sp³-hybridized carbons (Fsp3) is 0.571. The van der Waals surface area contributed by atoms with Crippen LogP contribution in [0.5, 0.6) is 0 Å². The third-order valence-electron chi connectivity index (χ3n) is 2.84.